The van der Waals surface area contributed by atoms with Crippen molar-refractivity contribution in [3.05, 3.63) is 28.2 Å². The van der Waals surface area contributed by atoms with Gasteiger partial charge in [-0.05, 0) is 34.3 Å². The van der Waals surface area contributed by atoms with Crippen LogP contribution < -0.4 is 5.19 Å². The van der Waals surface area contributed by atoms with Crippen molar-refractivity contribution in [1.29, 1.82) is 0 Å². The Morgan fingerprint density at radius 3 is 1.84 bits per heavy atom. The summed E-state index contributed by atoms with van der Waals surface area (Å²) in [7, 11) is -1.69. The van der Waals surface area contributed by atoms with Crippen LogP contribution in [0.3, 0.4) is 0 Å². The SMILES string of the molecule is CC(C)[Si](c1cc(Br)ccc1CO)(C(C)C)C(C)C. The predicted molar refractivity (Wildman–Crippen MR) is 90.7 cm³/mol. The Morgan fingerprint density at radius 1 is 1.00 bits per heavy atom. The number of aliphatic hydroxyl groups is 1. The summed E-state index contributed by atoms with van der Waals surface area (Å²) in [5, 5.41) is 11.2. The van der Waals surface area contributed by atoms with Crippen molar-refractivity contribution in [1.82, 2.24) is 0 Å². The summed E-state index contributed by atoms with van der Waals surface area (Å²) < 4.78 is 1.12. The van der Waals surface area contributed by atoms with Crippen LogP contribution in [0.2, 0.25) is 16.6 Å². The highest BCUT2D eigenvalue weighted by Crippen LogP contribution is 2.41. The molecule has 3 heteroatoms. The lowest BCUT2D eigenvalue weighted by Crippen LogP contribution is -2.56. The van der Waals surface area contributed by atoms with Crippen LogP contribution in [-0.2, 0) is 6.61 Å². The zero-order chi connectivity index (χ0) is 14.8. The highest BCUT2D eigenvalue weighted by atomic mass is 79.9. The fourth-order valence-corrected chi connectivity index (χ4v) is 11.6. The predicted octanol–water partition coefficient (Wildman–Crippen LogP) is 4.83. The number of halogens is 1. The van der Waals surface area contributed by atoms with Gasteiger partial charge in [-0.2, -0.15) is 0 Å². The first-order valence-corrected chi connectivity index (χ1v) is 10.2. The smallest absolute Gasteiger partial charge is 0.0947 e. The van der Waals surface area contributed by atoms with Crippen molar-refractivity contribution in [2.75, 3.05) is 0 Å². The van der Waals surface area contributed by atoms with Gasteiger partial charge < -0.3 is 5.11 Å². The molecule has 0 bridgehead atoms. The maximum atomic E-state index is 9.72. The van der Waals surface area contributed by atoms with Crippen LogP contribution in [0.25, 0.3) is 0 Å². The molecule has 0 atom stereocenters. The molecule has 0 amide bonds. The van der Waals surface area contributed by atoms with Crippen molar-refractivity contribution in [3.8, 4) is 0 Å². The normalized spacial score (nSPS) is 12.8. The van der Waals surface area contributed by atoms with Gasteiger partial charge in [-0.15, -0.1) is 0 Å². The summed E-state index contributed by atoms with van der Waals surface area (Å²) in [5.74, 6) is 0. The molecular weight excluding hydrogens is 316 g/mol. The van der Waals surface area contributed by atoms with Gasteiger partial charge in [-0.3, -0.25) is 0 Å². The summed E-state index contributed by atoms with van der Waals surface area (Å²) in [5.41, 5.74) is 3.09. The van der Waals surface area contributed by atoms with E-state index in [1.807, 2.05) is 6.07 Å². The fraction of sp³-hybridized carbons (Fsp3) is 0.625. The first kappa shape index (κ1) is 16.9. The van der Waals surface area contributed by atoms with Gasteiger partial charge in [0.15, 0.2) is 0 Å². The van der Waals surface area contributed by atoms with Crippen molar-refractivity contribution in [3.63, 3.8) is 0 Å². The molecule has 0 aliphatic carbocycles. The third-order valence-electron chi connectivity index (χ3n) is 4.57. The number of aliphatic hydroxyl groups excluding tert-OH is 1. The van der Waals surface area contributed by atoms with Crippen molar-refractivity contribution in [2.45, 2.75) is 64.8 Å². The zero-order valence-electron chi connectivity index (χ0n) is 13.0. The third kappa shape index (κ3) is 2.98. The molecule has 1 aromatic rings. The van der Waals surface area contributed by atoms with Crippen molar-refractivity contribution >= 4 is 29.2 Å². The molecule has 1 N–H and O–H groups in total. The first-order valence-electron chi connectivity index (χ1n) is 7.18. The zero-order valence-corrected chi connectivity index (χ0v) is 15.6. The van der Waals surface area contributed by atoms with E-state index in [9.17, 15) is 5.11 Å². The molecule has 0 aliphatic rings. The highest BCUT2D eigenvalue weighted by molar-refractivity contribution is 9.10. The van der Waals surface area contributed by atoms with E-state index in [2.05, 4.69) is 69.6 Å². The Kier molecular flexibility index (Phi) is 5.84. The number of benzene rings is 1. The van der Waals surface area contributed by atoms with E-state index in [1.165, 1.54) is 5.19 Å². The second kappa shape index (κ2) is 6.55. The summed E-state index contributed by atoms with van der Waals surface area (Å²) in [6, 6.07) is 6.38. The van der Waals surface area contributed by atoms with E-state index >= 15 is 0 Å². The Bertz CT molecular complexity index is 405. The highest BCUT2D eigenvalue weighted by Gasteiger charge is 2.45. The molecule has 1 nitrogen and oxygen atoms in total. The Hall–Kier alpha value is -0.123. The number of hydrogen-bond donors (Lipinski definition) is 1. The van der Waals surface area contributed by atoms with Gasteiger partial charge in [0.25, 0.3) is 0 Å². The maximum absolute atomic E-state index is 9.72. The molecule has 0 radical (unpaired) electrons. The topological polar surface area (TPSA) is 20.2 Å². The van der Waals surface area contributed by atoms with Crippen molar-refractivity contribution < 1.29 is 5.11 Å². The Balaban J connectivity index is 3.61. The van der Waals surface area contributed by atoms with Crippen LogP contribution in [0, 0.1) is 0 Å². The molecule has 0 spiro atoms. The summed E-state index contributed by atoms with van der Waals surface area (Å²) in [6.45, 7) is 14.3. The minimum atomic E-state index is -1.69. The lowest BCUT2D eigenvalue weighted by Gasteiger charge is -2.44. The van der Waals surface area contributed by atoms with Gasteiger partial charge >= 0.3 is 0 Å². The largest absolute Gasteiger partial charge is 0.392 e. The fourth-order valence-electron chi connectivity index (χ4n) is 4.02. The monoisotopic (exact) mass is 342 g/mol. The summed E-state index contributed by atoms with van der Waals surface area (Å²) in [6.07, 6.45) is 0. The molecule has 0 aromatic heterocycles. The van der Waals surface area contributed by atoms with Gasteiger partial charge in [0.05, 0.1) is 14.7 Å². The van der Waals surface area contributed by atoms with E-state index in [1.54, 1.807) is 0 Å². The van der Waals surface area contributed by atoms with Crippen molar-refractivity contribution in [2.24, 2.45) is 0 Å². The molecule has 1 aromatic carbocycles. The van der Waals surface area contributed by atoms with Gasteiger partial charge in [0.1, 0.15) is 0 Å². The minimum Gasteiger partial charge on any atom is -0.392 e. The van der Waals surface area contributed by atoms with E-state index in [0.29, 0.717) is 16.6 Å². The molecule has 0 unspecified atom stereocenters. The van der Waals surface area contributed by atoms with Gasteiger partial charge in [-0.1, -0.05) is 68.7 Å². The molecular formula is C16H27BrOSi. The Morgan fingerprint density at radius 2 is 1.47 bits per heavy atom. The van der Waals surface area contributed by atoms with Crippen LogP contribution in [0.5, 0.6) is 0 Å². The van der Waals surface area contributed by atoms with E-state index in [4.69, 9.17) is 0 Å². The van der Waals surface area contributed by atoms with Crippen LogP contribution in [-0.4, -0.2) is 13.2 Å². The van der Waals surface area contributed by atoms with Gasteiger partial charge in [0, 0.05) is 4.47 Å². The van der Waals surface area contributed by atoms with Crippen LogP contribution in [0.1, 0.15) is 47.1 Å². The number of hydrogen-bond acceptors (Lipinski definition) is 1. The molecule has 1 rings (SSSR count). The van der Waals surface area contributed by atoms with Gasteiger partial charge in [0.2, 0.25) is 0 Å². The minimum absolute atomic E-state index is 0.142. The van der Waals surface area contributed by atoms with E-state index in [0.717, 1.165) is 10.0 Å². The third-order valence-corrected chi connectivity index (χ3v) is 12.2. The molecule has 0 heterocycles. The van der Waals surface area contributed by atoms with Crippen LogP contribution in [0.15, 0.2) is 22.7 Å². The standard InChI is InChI=1S/C16H27BrOSi/c1-11(2)19(12(3)4,13(5)6)16-9-15(17)8-7-14(16)10-18/h7-9,11-13,18H,10H2,1-6H3. The van der Waals surface area contributed by atoms with E-state index < -0.39 is 8.07 Å². The van der Waals surface area contributed by atoms with Gasteiger partial charge in [-0.25, -0.2) is 0 Å². The summed E-state index contributed by atoms with van der Waals surface area (Å²) >= 11 is 3.61. The lowest BCUT2D eigenvalue weighted by molar-refractivity contribution is 0.282. The van der Waals surface area contributed by atoms with E-state index in [-0.39, 0.29) is 6.61 Å². The van der Waals surface area contributed by atoms with Crippen LogP contribution in [0.4, 0.5) is 0 Å². The molecule has 0 saturated carbocycles. The first-order chi connectivity index (χ1) is 8.78. The quantitative estimate of drug-likeness (QED) is 0.760. The average Bonchev–Trinajstić information content (AvgIpc) is 2.28. The van der Waals surface area contributed by atoms with Crippen LogP contribution >= 0.6 is 15.9 Å². The molecule has 0 aliphatic heterocycles. The molecule has 0 saturated heterocycles. The number of rotatable bonds is 5. The summed E-state index contributed by atoms with van der Waals surface area (Å²) in [4.78, 5) is 0. The molecule has 0 fully saturated rings. The average molecular weight is 343 g/mol. The molecule has 19 heavy (non-hydrogen) atoms. The second-order valence-electron chi connectivity index (χ2n) is 6.36. The lowest BCUT2D eigenvalue weighted by atomic mass is 10.2. The Labute approximate surface area is 127 Å². The second-order valence-corrected chi connectivity index (χ2v) is 13.1. The maximum Gasteiger partial charge on any atom is 0.0947 e. The molecule has 108 valence electrons.